The number of pyridine rings is 1. The predicted molar refractivity (Wildman–Crippen MR) is 97.3 cm³/mol. The summed E-state index contributed by atoms with van der Waals surface area (Å²) < 4.78 is 5.42. The molecule has 1 aromatic rings. The van der Waals surface area contributed by atoms with Gasteiger partial charge < -0.3 is 10.1 Å². The van der Waals surface area contributed by atoms with E-state index in [9.17, 15) is 4.79 Å². The van der Waals surface area contributed by atoms with Crippen molar-refractivity contribution in [1.29, 1.82) is 0 Å². The Morgan fingerprint density at radius 2 is 2.17 bits per heavy atom. The molecule has 1 aliphatic heterocycles. The van der Waals surface area contributed by atoms with Crippen molar-refractivity contribution in [2.45, 2.75) is 44.0 Å². The number of nitrogens with zero attached hydrogens (tertiary/aromatic N) is 2. The highest BCUT2D eigenvalue weighted by atomic mass is 32.2. The first-order valence-corrected chi connectivity index (χ1v) is 10.0. The lowest BCUT2D eigenvalue weighted by atomic mass is 9.66. The minimum Gasteiger partial charge on any atom is -0.379 e. The molecule has 0 unspecified atom stereocenters. The van der Waals surface area contributed by atoms with Gasteiger partial charge in [-0.2, -0.15) is 0 Å². The highest BCUT2D eigenvalue weighted by Gasteiger charge is 2.42. The standard InChI is InChI=1S/C18H27N3O2S/c1-3-18(5-4-6-18)17(22)20-16-11-14(15(24-2)12-19-16)13-21-7-9-23-10-8-21/h11-12H,3-10,13H2,1-2H3,(H,19,20,22). The van der Waals surface area contributed by atoms with Crippen LogP contribution >= 0.6 is 11.8 Å². The Bertz CT molecular complexity index is 578. The molecule has 0 bridgehead atoms. The zero-order chi connectivity index (χ0) is 17.0. The van der Waals surface area contributed by atoms with E-state index in [-0.39, 0.29) is 11.3 Å². The molecule has 2 fully saturated rings. The lowest BCUT2D eigenvalue weighted by molar-refractivity contribution is -0.130. The third kappa shape index (κ3) is 3.76. The Morgan fingerprint density at radius 3 is 2.75 bits per heavy atom. The van der Waals surface area contributed by atoms with Gasteiger partial charge >= 0.3 is 0 Å². The molecule has 0 spiro atoms. The fourth-order valence-corrected chi connectivity index (χ4v) is 4.00. The molecule has 1 amide bonds. The van der Waals surface area contributed by atoms with Crippen LogP contribution in [-0.4, -0.2) is 48.4 Å². The summed E-state index contributed by atoms with van der Waals surface area (Å²) in [5, 5.41) is 3.06. The van der Waals surface area contributed by atoms with Crippen LogP contribution in [0.1, 0.15) is 38.2 Å². The Kier molecular flexibility index (Phi) is 5.79. The Morgan fingerprint density at radius 1 is 1.42 bits per heavy atom. The number of amides is 1. The summed E-state index contributed by atoms with van der Waals surface area (Å²) >= 11 is 1.70. The molecule has 0 radical (unpaired) electrons. The summed E-state index contributed by atoms with van der Waals surface area (Å²) in [5.74, 6) is 0.818. The number of aromatic nitrogens is 1. The number of hydrogen-bond donors (Lipinski definition) is 1. The number of morpholine rings is 1. The number of carbonyl (C=O) groups is 1. The summed E-state index contributed by atoms with van der Waals surface area (Å²) in [4.78, 5) is 20.6. The largest absolute Gasteiger partial charge is 0.379 e. The van der Waals surface area contributed by atoms with Gasteiger partial charge in [0.25, 0.3) is 0 Å². The van der Waals surface area contributed by atoms with E-state index in [1.165, 1.54) is 10.5 Å². The minimum atomic E-state index is -0.162. The van der Waals surface area contributed by atoms with E-state index in [1.807, 2.05) is 12.3 Å². The minimum absolute atomic E-state index is 0.137. The van der Waals surface area contributed by atoms with Gasteiger partial charge in [0.05, 0.1) is 13.2 Å². The van der Waals surface area contributed by atoms with Crippen LogP contribution in [0.15, 0.2) is 17.2 Å². The average molecular weight is 350 g/mol. The summed E-state index contributed by atoms with van der Waals surface area (Å²) in [7, 11) is 0. The first kappa shape index (κ1) is 17.7. The maximum atomic E-state index is 12.6. The number of thioether (sulfide) groups is 1. The monoisotopic (exact) mass is 349 g/mol. The van der Waals surface area contributed by atoms with E-state index in [0.717, 1.165) is 58.5 Å². The highest BCUT2D eigenvalue weighted by Crippen LogP contribution is 2.44. The molecule has 2 heterocycles. The highest BCUT2D eigenvalue weighted by molar-refractivity contribution is 7.98. The van der Waals surface area contributed by atoms with Crippen molar-refractivity contribution >= 4 is 23.5 Å². The molecule has 0 aromatic carbocycles. The van der Waals surface area contributed by atoms with Crippen LogP contribution in [0.3, 0.4) is 0 Å². The first-order chi connectivity index (χ1) is 11.7. The third-order valence-corrected chi connectivity index (χ3v) is 6.18. The Balaban J connectivity index is 1.72. The number of hydrogen-bond acceptors (Lipinski definition) is 5. The molecular formula is C18H27N3O2S. The molecule has 1 aliphatic carbocycles. The quantitative estimate of drug-likeness (QED) is 0.800. The van der Waals surface area contributed by atoms with Crippen molar-refractivity contribution in [3.05, 3.63) is 17.8 Å². The second-order valence-electron chi connectivity index (χ2n) is 6.71. The van der Waals surface area contributed by atoms with E-state index in [0.29, 0.717) is 5.82 Å². The molecule has 0 atom stereocenters. The van der Waals surface area contributed by atoms with Crippen LogP contribution in [-0.2, 0) is 16.1 Å². The van der Waals surface area contributed by atoms with Crippen molar-refractivity contribution in [2.75, 3.05) is 37.9 Å². The van der Waals surface area contributed by atoms with E-state index < -0.39 is 0 Å². The summed E-state index contributed by atoms with van der Waals surface area (Å²) in [6.45, 7) is 6.48. The molecule has 5 nitrogen and oxygen atoms in total. The van der Waals surface area contributed by atoms with Gasteiger partial charge in [0, 0.05) is 36.1 Å². The average Bonchev–Trinajstić information content (AvgIpc) is 2.55. The van der Waals surface area contributed by atoms with Gasteiger partial charge in [0.2, 0.25) is 5.91 Å². The molecule has 6 heteroatoms. The van der Waals surface area contributed by atoms with Crippen LogP contribution < -0.4 is 5.32 Å². The predicted octanol–water partition coefficient (Wildman–Crippen LogP) is 3.15. The second-order valence-corrected chi connectivity index (χ2v) is 7.56. The van der Waals surface area contributed by atoms with Crippen LogP contribution in [0.25, 0.3) is 0 Å². The topological polar surface area (TPSA) is 54.5 Å². The number of nitrogens with one attached hydrogen (secondary N) is 1. The van der Waals surface area contributed by atoms with Crippen molar-refractivity contribution in [1.82, 2.24) is 9.88 Å². The zero-order valence-corrected chi connectivity index (χ0v) is 15.5. The fraction of sp³-hybridized carbons (Fsp3) is 0.667. The summed E-state index contributed by atoms with van der Waals surface area (Å²) in [6, 6.07) is 2.04. The smallest absolute Gasteiger partial charge is 0.231 e. The van der Waals surface area contributed by atoms with Crippen LogP contribution in [0.2, 0.25) is 0 Å². The number of anilines is 1. The summed E-state index contributed by atoms with van der Waals surface area (Å²) in [6.07, 6.45) is 8.01. The van der Waals surface area contributed by atoms with Crippen LogP contribution in [0, 0.1) is 5.41 Å². The van der Waals surface area contributed by atoms with E-state index in [4.69, 9.17) is 4.74 Å². The van der Waals surface area contributed by atoms with Gasteiger partial charge in [-0.3, -0.25) is 9.69 Å². The fourth-order valence-electron chi connectivity index (χ4n) is 3.45. The molecule has 1 saturated carbocycles. The van der Waals surface area contributed by atoms with Crippen LogP contribution in [0.5, 0.6) is 0 Å². The maximum absolute atomic E-state index is 12.6. The van der Waals surface area contributed by atoms with Gasteiger partial charge in [0.15, 0.2) is 0 Å². The molecule has 1 saturated heterocycles. The van der Waals surface area contributed by atoms with Gasteiger partial charge in [-0.05, 0) is 37.1 Å². The SMILES string of the molecule is CCC1(C(=O)Nc2cc(CN3CCOCC3)c(SC)cn2)CCC1. The van der Waals surface area contributed by atoms with Gasteiger partial charge in [0.1, 0.15) is 5.82 Å². The molecule has 1 N–H and O–H groups in total. The second kappa shape index (κ2) is 7.85. The third-order valence-electron chi connectivity index (χ3n) is 5.38. The molecule has 1 aromatic heterocycles. The molecule has 24 heavy (non-hydrogen) atoms. The lowest BCUT2D eigenvalue weighted by Crippen LogP contribution is -2.41. The lowest BCUT2D eigenvalue weighted by Gasteiger charge is -2.39. The van der Waals surface area contributed by atoms with Crippen LogP contribution in [0.4, 0.5) is 5.82 Å². The first-order valence-electron chi connectivity index (χ1n) is 8.81. The van der Waals surface area contributed by atoms with Gasteiger partial charge in [-0.25, -0.2) is 4.98 Å². The number of rotatable bonds is 6. The zero-order valence-electron chi connectivity index (χ0n) is 14.6. The van der Waals surface area contributed by atoms with Crippen molar-refractivity contribution in [3.8, 4) is 0 Å². The van der Waals surface area contributed by atoms with E-state index in [2.05, 4.69) is 28.4 Å². The molecular weight excluding hydrogens is 322 g/mol. The van der Waals surface area contributed by atoms with Crippen molar-refractivity contribution in [3.63, 3.8) is 0 Å². The summed E-state index contributed by atoms with van der Waals surface area (Å²) in [5.41, 5.74) is 1.07. The van der Waals surface area contributed by atoms with E-state index >= 15 is 0 Å². The normalized spacial score (nSPS) is 20.4. The van der Waals surface area contributed by atoms with Crippen molar-refractivity contribution < 1.29 is 9.53 Å². The Labute approximate surface area is 148 Å². The Hall–Kier alpha value is -1.11. The molecule has 2 aliphatic rings. The molecule has 132 valence electrons. The van der Waals surface area contributed by atoms with Crippen molar-refractivity contribution in [2.24, 2.45) is 5.41 Å². The molecule has 3 rings (SSSR count). The van der Waals surface area contributed by atoms with Gasteiger partial charge in [-0.15, -0.1) is 11.8 Å². The maximum Gasteiger partial charge on any atom is 0.231 e. The number of carbonyl (C=O) groups excluding carboxylic acids is 1. The number of ether oxygens (including phenoxy) is 1. The van der Waals surface area contributed by atoms with E-state index in [1.54, 1.807) is 11.8 Å². The van der Waals surface area contributed by atoms with Gasteiger partial charge in [-0.1, -0.05) is 13.3 Å².